The van der Waals surface area contributed by atoms with Crippen LogP contribution in [0.4, 0.5) is 0 Å². The predicted molar refractivity (Wildman–Crippen MR) is 97.6 cm³/mol. The number of rotatable bonds is 3. The Labute approximate surface area is 132 Å². The molecule has 9 heteroatoms. The summed E-state index contributed by atoms with van der Waals surface area (Å²) in [7, 11) is -6.08. The van der Waals surface area contributed by atoms with Gasteiger partial charge in [-0.1, -0.05) is 50.5 Å². The van der Waals surface area contributed by atoms with Gasteiger partial charge in [-0.15, -0.1) is 11.1 Å². The molecular formula is C10H28Cl2N3PSi3. The van der Waals surface area contributed by atoms with Gasteiger partial charge in [0.25, 0.3) is 0 Å². The highest BCUT2D eigenvalue weighted by atomic mass is 35.7. The lowest BCUT2D eigenvalue weighted by Gasteiger charge is -2.67. The Morgan fingerprint density at radius 3 is 1.47 bits per heavy atom. The Morgan fingerprint density at radius 1 is 0.947 bits per heavy atom. The fourth-order valence-corrected chi connectivity index (χ4v) is 34.0. The number of hydrogen-bond acceptors (Lipinski definition) is 3. The van der Waals surface area contributed by atoms with Crippen LogP contribution < -0.4 is 4.98 Å². The average Bonchev–Trinajstić information content (AvgIpc) is 1.90. The van der Waals surface area contributed by atoms with E-state index in [4.69, 9.17) is 22.3 Å². The van der Waals surface area contributed by atoms with Crippen LogP contribution in [0.3, 0.4) is 0 Å². The Hall–Kier alpha value is 1.54. The molecule has 0 aromatic rings. The van der Waals surface area contributed by atoms with Gasteiger partial charge in [0, 0.05) is 5.54 Å². The third-order valence-corrected chi connectivity index (χ3v) is 26.9. The summed E-state index contributed by atoms with van der Waals surface area (Å²) in [5, 5.41) is 0. The maximum absolute atomic E-state index is 7.17. The molecule has 0 aliphatic carbocycles. The van der Waals surface area contributed by atoms with Gasteiger partial charge in [-0.25, -0.2) is 0 Å². The van der Waals surface area contributed by atoms with Crippen molar-refractivity contribution in [3.8, 4) is 0 Å². The second-order valence-corrected chi connectivity index (χ2v) is 26.2. The molecule has 1 aliphatic rings. The summed E-state index contributed by atoms with van der Waals surface area (Å²) in [4.78, 5) is 3.73. The first-order valence-corrected chi connectivity index (χ1v) is 18.6. The fourth-order valence-electron chi connectivity index (χ4n) is 2.33. The molecule has 19 heavy (non-hydrogen) atoms. The Bertz CT molecular complexity index is 329. The number of nitrogens with one attached hydrogen (secondary N) is 1. The monoisotopic (exact) mass is 375 g/mol. The van der Waals surface area contributed by atoms with E-state index in [1.165, 1.54) is 0 Å². The summed E-state index contributed by atoms with van der Waals surface area (Å²) in [5.74, 6) is 0. The van der Waals surface area contributed by atoms with E-state index in [0.717, 1.165) is 0 Å². The normalized spacial score (nSPS) is 31.4. The molecule has 1 N–H and O–H groups in total. The summed E-state index contributed by atoms with van der Waals surface area (Å²) in [6.45, 7) is 20.6. The molecule has 0 saturated carbocycles. The standard InChI is InChI=1S/C10H28Cl2N3PSi3/c1-10(2,3)13-19(12)14(17(4,5)6)16(11)15(19)18(7,8)9/h13H,1-9H3. The molecule has 0 amide bonds. The molecule has 0 atom stereocenters. The van der Waals surface area contributed by atoms with Crippen molar-refractivity contribution < 1.29 is 0 Å². The molecule has 0 bridgehead atoms. The van der Waals surface area contributed by atoms with Crippen LogP contribution in [0, 0.1) is 0 Å². The summed E-state index contributed by atoms with van der Waals surface area (Å²) in [6, 6.07) is 0. The molecule has 0 radical (unpaired) electrons. The smallest absolute Gasteiger partial charge is 0.296 e. The molecule has 0 unspecified atom stereocenters. The van der Waals surface area contributed by atoms with E-state index in [1.807, 2.05) is 0 Å². The quantitative estimate of drug-likeness (QED) is 0.434. The van der Waals surface area contributed by atoms with Gasteiger partial charge in [0.15, 0.2) is 0 Å². The van der Waals surface area contributed by atoms with Crippen molar-refractivity contribution in [2.45, 2.75) is 65.6 Å². The number of nitrogens with zero attached hydrogens (tertiary/aromatic N) is 2. The molecule has 3 nitrogen and oxygen atoms in total. The topological polar surface area (TPSA) is 18.5 Å². The molecule has 0 aromatic carbocycles. The zero-order valence-corrected chi connectivity index (χ0v) is 19.0. The van der Waals surface area contributed by atoms with Crippen LogP contribution in [0.2, 0.25) is 39.3 Å². The van der Waals surface area contributed by atoms with Crippen LogP contribution in [0.15, 0.2) is 0 Å². The van der Waals surface area contributed by atoms with Crippen LogP contribution in [0.1, 0.15) is 20.8 Å². The third-order valence-electron chi connectivity index (χ3n) is 2.70. The van der Waals surface area contributed by atoms with Crippen LogP contribution in [-0.2, 0) is 0 Å². The zero-order valence-electron chi connectivity index (χ0n) is 13.6. The molecule has 1 aliphatic heterocycles. The molecule has 1 heterocycles. The predicted octanol–water partition coefficient (Wildman–Crippen LogP) is 4.80. The molecule has 1 saturated heterocycles. The van der Waals surface area contributed by atoms with Crippen molar-refractivity contribution in [1.29, 1.82) is 0 Å². The lowest BCUT2D eigenvalue weighted by atomic mass is 10.1. The molecule has 114 valence electrons. The first kappa shape index (κ1) is 18.6. The van der Waals surface area contributed by atoms with Crippen molar-refractivity contribution >= 4 is 54.2 Å². The van der Waals surface area contributed by atoms with Crippen LogP contribution in [-0.4, -0.2) is 37.9 Å². The lowest BCUT2D eigenvalue weighted by molar-refractivity contribution is 0.482. The first-order valence-electron chi connectivity index (χ1n) is 6.65. The summed E-state index contributed by atoms with van der Waals surface area (Å²) in [6.07, 6.45) is 0. The second kappa shape index (κ2) is 5.32. The maximum atomic E-state index is 7.17. The van der Waals surface area contributed by atoms with E-state index in [2.05, 4.69) is 73.0 Å². The fraction of sp³-hybridized carbons (Fsp3) is 1.00. The largest absolute Gasteiger partial charge is 0.387 e. The summed E-state index contributed by atoms with van der Waals surface area (Å²) < 4.78 is 4.98. The van der Waals surface area contributed by atoms with E-state index in [0.29, 0.717) is 0 Å². The van der Waals surface area contributed by atoms with Crippen molar-refractivity contribution in [1.82, 2.24) is 13.0 Å². The van der Waals surface area contributed by atoms with Gasteiger partial charge < -0.3 is 0 Å². The maximum Gasteiger partial charge on any atom is 0.387 e. The highest BCUT2D eigenvalue weighted by Crippen LogP contribution is 2.68. The van der Waals surface area contributed by atoms with Crippen molar-refractivity contribution in [3.63, 3.8) is 0 Å². The SMILES string of the molecule is CC(C)(C)N[Si]1(Cl)N([Si](C)(C)C)P(Cl)N1[Si](C)(C)C. The third kappa shape index (κ3) is 3.85. The van der Waals surface area contributed by atoms with Gasteiger partial charge in [-0.3, -0.25) is 13.0 Å². The average molecular weight is 376 g/mol. The number of hydrogen-bond donors (Lipinski definition) is 1. The van der Waals surface area contributed by atoms with Gasteiger partial charge in [0.1, 0.15) is 24.0 Å². The van der Waals surface area contributed by atoms with Gasteiger partial charge >= 0.3 is 7.87 Å². The van der Waals surface area contributed by atoms with Crippen LogP contribution in [0.5, 0.6) is 0 Å². The first-order chi connectivity index (χ1) is 8.11. The van der Waals surface area contributed by atoms with Crippen molar-refractivity contribution in [2.24, 2.45) is 0 Å². The van der Waals surface area contributed by atoms with Gasteiger partial charge in [-0.2, -0.15) is 0 Å². The minimum absolute atomic E-state index is 0.0112. The van der Waals surface area contributed by atoms with Gasteiger partial charge in [0.05, 0.1) is 0 Å². The Balaban J connectivity index is 3.17. The van der Waals surface area contributed by atoms with Gasteiger partial charge in [-0.05, 0) is 20.8 Å². The van der Waals surface area contributed by atoms with Crippen molar-refractivity contribution in [3.05, 3.63) is 0 Å². The minimum Gasteiger partial charge on any atom is -0.296 e. The van der Waals surface area contributed by atoms with Crippen LogP contribution >= 0.6 is 29.9 Å². The highest BCUT2D eigenvalue weighted by Gasteiger charge is 2.68. The molecule has 1 rings (SSSR count). The number of halogens is 2. The van der Waals surface area contributed by atoms with Crippen molar-refractivity contribution in [2.75, 3.05) is 0 Å². The Kier molecular flexibility index (Phi) is 5.20. The highest BCUT2D eigenvalue weighted by molar-refractivity contribution is 7.90. The van der Waals surface area contributed by atoms with Gasteiger partial charge in [0.2, 0.25) is 0 Å². The van der Waals surface area contributed by atoms with E-state index in [1.54, 1.807) is 0 Å². The molecule has 1 fully saturated rings. The molecule has 0 spiro atoms. The minimum atomic E-state index is -2.32. The summed E-state index contributed by atoms with van der Waals surface area (Å²) >= 11 is 13.9. The van der Waals surface area contributed by atoms with Crippen LogP contribution in [0.25, 0.3) is 0 Å². The Morgan fingerprint density at radius 2 is 1.26 bits per heavy atom. The molecular weight excluding hydrogens is 348 g/mol. The second-order valence-electron chi connectivity index (χ2n) is 8.17. The lowest BCUT2D eigenvalue weighted by Crippen LogP contribution is -2.86. The van der Waals surface area contributed by atoms with E-state index >= 15 is 0 Å². The molecule has 0 aromatic heterocycles. The van der Waals surface area contributed by atoms with E-state index in [-0.39, 0.29) is 5.54 Å². The summed E-state index contributed by atoms with van der Waals surface area (Å²) in [5.41, 5.74) is 0.0112. The zero-order chi connectivity index (χ0) is 15.4. The van der Waals surface area contributed by atoms with E-state index in [9.17, 15) is 0 Å². The van der Waals surface area contributed by atoms with E-state index < -0.39 is 31.9 Å².